The van der Waals surface area contributed by atoms with E-state index in [2.05, 4.69) is 18.5 Å². The van der Waals surface area contributed by atoms with Crippen LogP contribution in [0.3, 0.4) is 0 Å². The molecule has 2 N–H and O–H groups in total. The fourth-order valence-electron chi connectivity index (χ4n) is 6.95. The number of aliphatic hydroxyl groups excluding tert-OH is 1. The molecule has 1 aromatic rings. The van der Waals surface area contributed by atoms with Gasteiger partial charge in [0.2, 0.25) is 17.7 Å². The maximum absolute atomic E-state index is 14.4. The molecule has 0 radical (unpaired) electrons. The zero-order valence-electron chi connectivity index (χ0n) is 25.8. The molecule has 0 aromatic heterocycles. The van der Waals surface area contributed by atoms with Crippen LogP contribution in [0.25, 0.3) is 0 Å². The molecule has 0 unspecified atom stereocenters. The first-order valence-electron chi connectivity index (χ1n) is 15.9. The first-order valence-corrected chi connectivity index (χ1v) is 15.9. The normalized spacial score (nSPS) is 25.8. The second kappa shape index (κ2) is 15.5. The topological polar surface area (TPSA) is 125 Å². The average molecular weight is 610 g/mol. The number of fused-ring (bicyclic) bond motifs is 1. The summed E-state index contributed by atoms with van der Waals surface area (Å²) in [6, 6.07) is 8.80. The number of nitrogens with zero attached hydrogens (tertiary/aromatic N) is 2. The highest BCUT2D eigenvalue weighted by Gasteiger charge is 2.75. The van der Waals surface area contributed by atoms with Crippen molar-refractivity contribution in [2.75, 3.05) is 26.2 Å². The first-order chi connectivity index (χ1) is 21.3. The van der Waals surface area contributed by atoms with E-state index >= 15 is 0 Å². The second-order valence-corrected chi connectivity index (χ2v) is 12.1. The Kier molecular flexibility index (Phi) is 11.7. The smallest absolute Gasteiger partial charge is 0.312 e. The van der Waals surface area contributed by atoms with E-state index in [1.165, 1.54) is 0 Å². The molecule has 6 atom stereocenters. The summed E-state index contributed by atoms with van der Waals surface area (Å²) in [5.74, 6) is -2.81. The molecule has 1 aromatic carbocycles. The van der Waals surface area contributed by atoms with E-state index in [0.717, 1.165) is 18.4 Å². The van der Waals surface area contributed by atoms with Gasteiger partial charge in [-0.05, 0) is 44.6 Å². The maximum Gasteiger partial charge on any atom is 0.312 e. The van der Waals surface area contributed by atoms with Gasteiger partial charge in [0.05, 0.1) is 24.5 Å². The summed E-state index contributed by atoms with van der Waals surface area (Å²) >= 11 is 0. The quantitative estimate of drug-likeness (QED) is 0.149. The number of carbonyl (C=O) groups is 4. The number of aliphatic hydroxyl groups is 1. The monoisotopic (exact) mass is 609 g/mol. The number of hydrogen-bond donors (Lipinski definition) is 2. The maximum atomic E-state index is 14.4. The van der Waals surface area contributed by atoms with Crippen LogP contribution in [0.15, 0.2) is 55.6 Å². The highest BCUT2D eigenvalue weighted by Crippen LogP contribution is 2.59. The molecular weight excluding hydrogens is 562 g/mol. The largest absolute Gasteiger partial charge is 0.460 e. The van der Waals surface area contributed by atoms with Crippen molar-refractivity contribution >= 4 is 23.7 Å². The molecule has 10 nitrogen and oxygen atoms in total. The summed E-state index contributed by atoms with van der Waals surface area (Å²) in [6.45, 7) is 10.5. The number of likely N-dealkylation sites (tertiary alicyclic amines) is 1. The number of hydrogen-bond acceptors (Lipinski definition) is 7. The number of carbonyl (C=O) groups excluding carboxylic acids is 4. The number of rotatable bonds is 18. The van der Waals surface area contributed by atoms with Gasteiger partial charge in [-0.3, -0.25) is 19.2 Å². The fraction of sp³-hybridized carbons (Fsp3) is 0.588. The van der Waals surface area contributed by atoms with Gasteiger partial charge in [-0.1, -0.05) is 55.3 Å². The van der Waals surface area contributed by atoms with E-state index in [1.54, 1.807) is 28.9 Å². The van der Waals surface area contributed by atoms with Gasteiger partial charge < -0.3 is 29.7 Å². The molecular formula is C34H47N3O7. The van der Waals surface area contributed by atoms with Crippen molar-refractivity contribution in [2.45, 2.75) is 88.7 Å². The van der Waals surface area contributed by atoms with Crippen LogP contribution in [0.4, 0.5) is 0 Å². The lowest BCUT2D eigenvalue weighted by Crippen LogP contribution is -2.56. The van der Waals surface area contributed by atoms with Gasteiger partial charge in [-0.15, -0.1) is 13.2 Å². The summed E-state index contributed by atoms with van der Waals surface area (Å²) in [5, 5.41) is 11.9. The minimum atomic E-state index is -1.12. The Morgan fingerprint density at radius 1 is 1.18 bits per heavy atom. The van der Waals surface area contributed by atoms with Crippen molar-refractivity contribution in [2.24, 2.45) is 11.8 Å². The minimum Gasteiger partial charge on any atom is -0.460 e. The highest BCUT2D eigenvalue weighted by molar-refractivity contribution is 5.98. The van der Waals surface area contributed by atoms with Crippen LogP contribution in [-0.4, -0.2) is 88.7 Å². The molecule has 0 aliphatic carbocycles. The SMILES string of the molecule is C=CCCC(=O)NC[C@@H](C)OC(=O)[C@@H]1[C@H]2C(=O)N(CCCCCCO)[C@H](C(=O)N(CC=C)Cc3ccccc3)[C@]23CC[C@H]1O3. The molecule has 240 valence electrons. The number of amides is 3. The molecule has 2 bridgehead atoms. The van der Waals surface area contributed by atoms with Crippen LogP contribution in [0, 0.1) is 11.8 Å². The van der Waals surface area contributed by atoms with Crippen molar-refractivity contribution in [3.8, 4) is 0 Å². The third-order valence-corrected chi connectivity index (χ3v) is 8.97. The van der Waals surface area contributed by atoms with Crippen LogP contribution in [0.1, 0.15) is 63.9 Å². The van der Waals surface area contributed by atoms with Crippen molar-refractivity contribution in [3.05, 3.63) is 61.2 Å². The van der Waals surface area contributed by atoms with Gasteiger partial charge in [0, 0.05) is 32.7 Å². The van der Waals surface area contributed by atoms with Gasteiger partial charge >= 0.3 is 5.97 Å². The Balaban J connectivity index is 1.55. The molecule has 3 aliphatic heterocycles. The molecule has 4 rings (SSSR count). The Labute approximate surface area is 260 Å². The molecule has 44 heavy (non-hydrogen) atoms. The number of unbranched alkanes of at least 4 members (excludes halogenated alkanes) is 3. The van der Waals surface area contributed by atoms with E-state index in [-0.39, 0.29) is 30.9 Å². The average Bonchev–Trinajstić information content (AvgIpc) is 3.66. The number of allylic oxidation sites excluding steroid dienone is 1. The summed E-state index contributed by atoms with van der Waals surface area (Å²) in [5.41, 5.74) is -0.161. The van der Waals surface area contributed by atoms with Crippen LogP contribution in [0.2, 0.25) is 0 Å². The molecule has 1 spiro atoms. The molecule has 3 heterocycles. The zero-order valence-corrected chi connectivity index (χ0v) is 25.8. The Morgan fingerprint density at radius 2 is 1.93 bits per heavy atom. The van der Waals surface area contributed by atoms with E-state index in [4.69, 9.17) is 9.47 Å². The predicted octanol–water partition coefficient (Wildman–Crippen LogP) is 3.14. The van der Waals surface area contributed by atoms with Crippen LogP contribution in [-0.2, 0) is 35.2 Å². The van der Waals surface area contributed by atoms with Gasteiger partial charge in [-0.2, -0.15) is 0 Å². The lowest BCUT2D eigenvalue weighted by molar-refractivity contribution is -0.159. The Bertz CT molecular complexity index is 1190. The van der Waals surface area contributed by atoms with Crippen LogP contribution >= 0.6 is 0 Å². The van der Waals surface area contributed by atoms with E-state index in [1.807, 2.05) is 30.3 Å². The van der Waals surface area contributed by atoms with Crippen molar-refractivity contribution in [3.63, 3.8) is 0 Å². The minimum absolute atomic E-state index is 0.112. The summed E-state index contributed by atoms with van der Waals surface area (Å²) < 4.78 is 12.3. The third-order valence-electron chi connectivity index (χ3n) is 8.97. The van der Waals surface area contributed by atoms with Crippen LogP contribution in [0.5, 0.6) is 0 Å². The number of benzene rings is 1. The van der Waals surface area contributed by atoms with Gasteiger partial charge in [0.25, 0.3) is 0 Å². The molecule has 3 amide bonds. The summed E-state index contributed by atoms with van der Waals surface area (Å²) in [7, 11) is 0. The Morgan fingerprint density at radius 3 is 2.64 bits per heavy atom. The summed E-state index contributed by atoms with van der Waals surface area (Å²) in [4.78, 5) is 57.6. The van der Waals surface area contributed by atoms with Gasteiger partial charge in [-0.25, -0.2) is 0 Å². The highest BCUT2D eigenvalue weighted by atomic mass is 16.6. The van der Waals surface area contributed by atoms with E-state index in [0.29, 0.717) is 58.2 Å². The predicted molar refractivity (Wildman–Crippen MR) is 165 cm³/mol. The van der Waals surface area contributed by atoms with Crippen molar-refractivity contribution < 1.29 is 33.8 Å². The molecule has 3 fully saturated rings. The lowest BCUT2D eigenvalue weighted by atomic mass is 9.70. The standard InChI is InChI=1S/C34H47N3O7/c1-4-6-16-27(39)35-22-24(3)43-33(42)28-26-17-18-34(44-26)29(28)31(40)37(20-12-7-8-13-21-38)30(34)32(41)36(19-5-2)23-25-14-10-9-11-15-25/h4-5,9-11,14-15,24,26,28-30,38H,1-2,6-8,12-13,16-23H2,3H3,(H,35,39)/t24-,26-,28+,29+,30-,34+/m1/s1. The van der Waals surface area contributed by atoms with E-state index < -0.39 is 41.7 Å². The number of ether oxygens (including phenoxy) is 2. The fourth-order valence-corrected chi connectivity index (χ4v) is 6.95. The van der Waals surface area contributed by atoms with Crippen molar-refractivity contribution in [1.82, 2.24) is 15.1 Å². The molecule has 0 saturated carbocycles. The number of esters is 1. The Hall–Kier alpha value is -3.50. The van der Waals surface area contributed by atoms with Crippen LogP contribution < -0.4 is 5.32 Å². The first kappa shape index (κ1) is 33.4. The lowest BCUT2D eigenvalue weighted by Gasteiger charge is -2.37. The molecule has 10 heteroatoms. The van der Waals surface area contributed by atoms with Gasteiger partial charge in [0.15, 0.2) is 0 Å². The van der Waals surface area contributed by atoms with Gasteiger partial charge in [0.1, 0.15) is 17.7 Å². The molecule has 3 saturated heterocycles. The molecule has 3 aliphatic rings. The van der Waals surface area contributed by atoms with Crippen molar-refractivity contribution in [1.29, 1.82) is 0 Å². The van der Waals surface area contributed by atoms with E-state index in [9.17, 15) is 24.3 Å². The summed E-state index contributed by atoms with van der Waals surface area (Å²) in [6.07, 6.45) is 7.09. The number of nitrogens with one attached hydrogen (secondary N) is 1. The zero-order chi connectivity index (χ0) is 31.7. The second-order valence-electron chi connectivity index (χ2n) is 12.1. The third kappa shape index (κ3) is 7.24.